The van der Waals surface area contributed by atoms with Crippen molar-refractivity contribution in [3.05, 3.63) is 17.0 Å². The van der Waals surface area contributed by atoms with Crippen LogP contribution in [0, 0.1) is 13.8 Å². The number of fused-ring (bicyclic) bond motifs is 1. The smallest absolute Gasteiger partial charge is 0.248 e. The van der Waals surface area contributed by atoms with Gasteiger partial charge in [-0.3, -0.25) is 9.69 Å². The second-order valence-electron chi connectivity index (χ2n) is 6.91. The number of likely N-dealkylation sites (N-methyl/N-ethyl adjacent to an activating group) is 1. The molecular weight excluding hydrogens is 310 g/mol. The number of nitrogens with zero attached hydrogens (tertiary/aromatic N) is 3. The molecule has 3 atom stereocenters. The number of amides is 1. The van der Waals surface area contributed by atoms with Gasteiger partial charge in [0.1, 0.15) is 18.5 Å². The molecule has 2 fully saturated rings. The molecule has 2 aliphatic rings. The van der Waals surface area contributed by atoms with Gasteiger partial charge in [-0.15, -0.1) is 0 Å². The van der Waals surface area contributed by atoms with Gasteiger partial charge in [0.05, 0.1) is 11.8 Å². The lowest BCUT2D eigenvalue weighted by atomic mass is 10.0. The highest BCUT2D eigenvalue weighted by atomic mass is 16.5. The average Bonchev–Trinajstić information content (AvgIpc) is 3.08. The van der Waals surface area contributed by atoms with Gasteiger partial charge in [0.2, 0.25) is 5.91 Å². The van der Waals surface area contributed by atoms with E-state index >= 15 is 0 Å². The van der Waals surface area contributed by atoms with E-state index in [1.807, 2.05) is 13.8 Å². The molecule has 134 valence electrons. The maximum atomic E-state index is 11.8. The minimum atomic E-state index is -0.0697. The fourth-order valence-electron chi connectivity index (χ4n) is 3.57. The summed E-state index contributed by atoms with van der Waals surface area (Å²) in [5.41, 5.74) is 2.08. The highest BCUT2D eigenvalue weighted by Crippen LogP contribution is 2.32. The molecule has 0 aromatic carbocycles. The summed E-state index contributed by atoms with van der Waals surface area (Å²) in [6.45, 7) is 6.34. The SMILES string of the molecule is Cc1noc(C)c1CN1C[C@@H](OCC(=O)N(C)C)[C@@H]2OCCC[C@@H]21. The van der Waals surface area contributed by atoms with Crippen LogP contribution in [-0.2, 0) is 20.8 Å². The number of aryl methyl sites for hydroxylation is 2. The first-order chi connectivity index (χ1) is 11.5. The molecule has 0 radical (unpaired) electrons. The number of carbonyl (C=O) groups is 1. The molecule has 0 N–H and O–H groups in total. The van der Waals surface area contributed by atoms with E-state index < -0.39 is 0 Å². The Bertz CT molecular complexity index is 567. The van der Waals surface area contributed by atoms with Gasteiger partial charge in [-0.1, -0.05) is 5.16 Å². The molecule has 2 saturated heterocycles. The second-order valence-corrected chi connectivity index (χ2v) is 6.91. The van der Waals surface area contributed by atoms with Crippen LogP contribution in [0.5, 0.6) is 0 Å². The molecule has 1 amide bonds. The minimum Gasteiger partial charge on any atom is -0.374 e. The molecule has 3 rings (SSSR count). The molecule has 0 aliphatic carbocycles. The third-order valence-electron chi connectivity index (χ3n) is 5.05. The van der Waals surface area contributed by atoms with Gasteiger partial charge in [0.15, 0.2) is 0 Å². The largest absolute Gasteiger partial charge is 0.374 e. The fourth-order valence-corrected chi connectivity index (χ4v) is 3.57. The predicted octanol–water partition coefficient (Wildman–Crippen LogP) is 1.13. The van der Waals surface area contributed by atoms with Crippen LogP contribution in [0.4, 0.5) is 0 Å². The number of aromatic nitrogens is 1. The lowest BCUT2D eigenvalue weighted by molar-refractivity contribution is -0.139. The molecule has 1 aromatic rings. The molecule has 2 aliphatic heterocycles. The number of hydrogen-bond donors (Lipinski definition) is 0. The van der Waals surface area contributed by atoms with E-state index in [0.29, 0.717) is 6.04 Å². The van der Waals surface area contributed by atoms with Gasteiger partial charge >= 0.3 is 0 Å². The molecule has 0 bridgehead atoms. The van der Waals surface area contributed by atoms with Crippen molar-refractivity contribution in [2.75, 3.05) is 33.9 Å². The summed E-state index contributed by atoms with van der Waals surface area (Å²) in [5.74, 6) is 0.847. The summed E-state index contributed by atoms with van der Waals surface area (Å²) < 4.78 is 17.2. The Kier molecular flexibility index (Phi) is 5.22. The van der Waals surface area contributed by atoms with Gasteiger partial charge in [0.25, 0.3) is 0 Å². The van der Waals surface area contributed by atoms with Crippen LogP contribution in [0.15, 0.2) is 4.52 Å². The van der Waals surface area contributed by atoms with E-state index in [1.54, 1.807) is 19.0 Å². The van der Waals surface area contributed by atoms with E-state index in [2.05, 4.69) is 10.1 Å². The Morgan fingerprint density at radius 1 is 1.42 bits per heavy atom. The zero-order valence-corrected chi connectivity index (χ0v) is 14.9. The fraction of sp³-hybridized carbons (Fsp3) is 0.765. The first kappa shape index (κ1) is 17.4. The Labute approximate surface area is 142 Å². The first-order valence-electron chi connectivity index (χ1n) is 8.56. The molecule has 7 nitrogen and oxygen atoms in total. The lowest BCUT2D eigenvalue weighted by Crippen LogP contribution is -2.42. The Balaban J connectivity index is 1.68. The van der Waals surface area contributed by atoms with Gasteiger partial charge in [-0.25, -0.2) is 0 Å². The molecule has 0 unspecified atom stereocenters. The Morgan fingerprint density at radius 3 is 2.88 bits per heavy atom. The number of likely N-dealkylation sites (tertiary alicyclic amines) is 1. The number of ether oxygens (including phenoxy) is 2. The van der Waals surface area contributed by atoms with Gasteiger partial charge in [-0.05, 0) is 26.7 Å². The molecule has 0 saturated carbocycles. The van der Waals surface area contributed by atoms with Crippen molar-refractivity contribution in [2.45, 2.75) is 51.5 Å². The predicted molar refractivity (Wildman–Crippen MR) is 87.6 cm³/mol. The minimum absolute atomic E-state index is 0.0217. The zero-order chi connectivity index (χ0) is 17.3. The Hall–Kier alpha value is -1.44. The van der Waals surface area contributed by atoms with Gasteiger partial charge in [-0.2, -0.15) is 0 Å². The van der Waals surface area contributed by atoms with Crippen molar-refractivity contribution < 1.29 is 18.8 Å². The van der Waals surface area contributed by atoms with Crippen molar-refractivity contribution in [2.24, 2.45) is 0 Å². The summed E-state index contributed by atoms with van der Waals surface area (Å²) in [6.07, 6.45) is 2.12. The first-order valence-corrected chi connectivity index (χ1v) is 8.56. The van der Waals surface area contributed by atoms with Crippen LogP contribution in [0.3, 0.4) is 0 Å². The van der Waals surface area contributed by atoms with E-state index in [9.17, 15) is 4.79 Å². The monoisotopic (exact) mass is 337 g/mol. The molecule has 1 aromatic heterocycles. The lowest BCUT2D eigenvalue weighted by Gasteiger charge is -2.32. The van der Waals surface area contributed by atoms with Crippen molar-refractivity contribution in [1.29, 1.82) is 0 Å². The van der Waals surface area contributed by atoms with Crippen molar-refractivity contribution in [1.82, 2.24) is 15.0 Å². The normalized spacial score (nSPS) is 27.2. The molecule has 24 heavy (non-hydrogen) atoms. The Morgan fingerprint density at radius 2 is 2.21 bits per heavy atom. The van der Waals surface area contributed by atoms with E-state index in [1.165, 1.54) is 0 Å². The highest BCUT2D eigenvalue weighted by molar-refractivity contribution is 5.76. The summed E-state index contributed by atoms with van der Waals surface area (Å²) in [5, 5.41) is 4.05. The van der Waals surface area contributed by atoms with Crippen molar-refractivity contribution >= 4 is 5.91 Å². The highest BCUT2D eigenvalue weighted by Gasteiger charge is 2.45. The van der Waals surface area contributed by atoms with Crippen molar-refractivity contribution in [3.8, 4) is 0 Å². The molecule has 3 heterocycles. The molecule has 0 spiro atoms. The zero-order valence-electron chi connectivity index (χ0n) is 14.9. The quantitative estimate of drug-likeness (QED) is 0.802. The van der Waals surface area contributed by atoms with Crippen LogP contribution < -0.4 is 0 Å². The van der Waals surface area contributed by atoms with Crippen LogP contribution in [0.25, 0.3) is 0 Å². The van der Waals surface area contributed by atoms with Gasteiger partial charge < -0.3 is 18.9 Å². The van der Waals surface area contributed by atoms with Crippen LogP contribution in [-0.4, -0.2) is 73.0 Å². The summed E-state index contributed by atoms with van der Waals surface area (Å²) in [6, 6.07) is 0.326. The molecular formula is C17H27N3O4. The second kappa shape index (κ2) is 7.21. The van der Waals surface area contributed by atoms with Crippen LogP contribution >= 0.6 is 0 Å². The van der Waals surface area contributed by atoms with Crippen LogP contribution in [0.2, 0.25) is 0 Å². The van der Waals surface area contributed by atoms with Gasteiger partial charge in [0, 0.05) is 45.4 Å². The maximum absolute atomic E-state index is 11.8. The summed E-state index contributed by atoms with van der Waals surface area (Å²) >= 11 is 0. The van der Waals surface area contributed by atoms with E-state index in [4.69, 9.17) is 14.0 Å². The number of rotatable bonds is 5. The average molecular weight is 337 g/mol. The third kappa shape index (κ3) is 3.48. The standard InChI is InChI=1S/C17H27N3O4/c1-11-13(12(2)24-18-11)8-20-9-15(23-10-16(21)19(3)4)17-14(20)6-5-7-22-17/h14-15,17H,5-10H2,1-4H3/t14-,15+,17+/m0/s1. The van der Waals surface area contributed by atoms with E-state index in [-0.39, 0.29) is 24.7 Å². The van der Waals surface area contributed by atoms with E-state index in [0.717, 1.165) is 49.6 Å². The number of hydrogen-bond acceptors (Lipinski definition) is 6. The number of carbonyl (C=O) groups excluding carboxylic acids is 1. The molecule has 7 heteroatoms. The maximum Gasteiger partial charge on any atom is 0.248 e. The van der Waals surface area contributed by atoms with Crippen molar-refractivity contribution in [3.63, 3.8) is 0 Å². The third-order valence-corrected chi connectivity index (χ3v) is 5.05. The van der Waals surface area contributed by atoms with Crippen LogP contribution in [0.1, 0.15) is 29.9 Å². The summed E-state index contributed by atoms with van der Waals surface area (Å²) in [4.78, 5) is 15.8. The topological polar surface area (TPSA) is 68.0 Å². The summed E-state index contributed by atoms with van der Waals surface area (Å²) in [7, 11) is 3.48.